The first-order valence-corrected chi connectivity index (χ1v) is 12.2. The van der Waals surface area contributed by atoms with Crippen molar-refractivity contribution in [2.24, 2.45) is 0 Å². The molecule has 0 N–H and O–H groups in total. The molecule has 0 unspecified atom stereocenters. The third-order valence-corrected chi connectivity index (χ3v) is 7.16. The lowest BCUT2D eigenvalue weighted by Crippen LogP contribution is -2.38. The summed E-state index contributed by atoms with van der Waals surface area (Å²) in [5, 5.41) is 0.859. The SMILES string of the molecule is COc1cc2c(C3CCN(C(C)C)CC3)c(F)c(C)nc2cc1OCCCN1CCCC1. The van der Waals surface area contributed by atoms with Crippen molar-refractivity contribution in [2.75, 3.05) is 46.4 Å². The van der Waals surface area contributed by atoms with Crippen LogP contribution in [0.5, 0.6) is 11.5 Å². The molecular formula is C26H38FN3O2. The lowest BCUT2D eigenvalue weighted by molar-refractivity contribution is 0.171. The van der Waals surface area contributed by atoms with Crippen LogP contribution < -0.4 is 9.47 Å². The fraction of sp³-hybridized carbons (Fsp3) is 0.654. The number of pyridine rings is 1. The Morgan fingerprint density at radius 1 is 1.09 bits per heavy atom. The summed E-state index contributed by atoms with van der Waals surface area (Å²) in [7, 11) is 1.65. The van der Waals surface area contributed by atoms with Gasteiger partial charge in [-0.3, -0.25) is 0 Å². The van der Waals surface area contributed by atoms with E-state index >= 15 is 4.39 Å². The van der Waals surface area contributed by atoms with Crippen molar-refractivity contribution in [2.45, 2.75) is 64.8 Å². The minimum absolute atomic E-state index is 0.165. The molecule has 2 fully saturated rings. The van der Waals surface area contributed by atoms with Crippen LogP contribution in [0.4, 0.5) is 4.39 Å². The summed E-state index contributed by atoms with van der Waals surface area (Å²) in [5.74, 6) is 1.39. The molecule has 0 radical (unpaired) electrons. The van der Waals surface area contributed by atoms with E-state index < -0.39 is 0 Å². The molecule has 2 aliphatic heterocycles. The van der Waals surface area contributed by atoms with E-state index in [9.17, 15) is 0 Å². The molecule has 6 heteroatoms. The average Bonchev–Trinajstić information content (AvgIpc) is 3.31. The molecule has 0 spiro atoms. The largest absolute Gasteiger partial charge is 0.493 e. The Bertz CT molecular complexity index is 919. The number of ether oxygens (including phenoxy) is 2. The first kappa shape index (κ1) is 23.2. The first-order chi connectivity index (χ1) is 15.5. The highest BCUT2D eigenvalue weighted by atomic mass is 19.1. The Hall–Kier alpha value is -1.92. The molecule has 32 heavy (non-hydrogen) atoms. The molecule has 1 aromatic carbocycles. The maximum absolute atomic E-state index is 15.4. The standard InChI is InChI=1S/C26H38FN3O2/c1-18(2)30-13-8-20(9-14-30)25-21-16-23(31-4)24(17-22(21)28-19(3)26(25)27)32-15-7-12-29-10-5-6-11-29/h16-18,20H,5-15H2,1-4H3. The summed E-state index contributed by atoms with van der Waals surface area (Å²) >= 11 is 0. The fourth-order valence-electron chi connectivity index (χ4n) is 5.25. The van der Waals surface area contributed by atoms with E-state index in [2.05, 4.69) is 28.6 Å². The van der Waals surface area contributed by atoms with Gasteiger partial charge >= 0.3 is 0 Å². The molecule has 0 amide bonds. The second-order valence-electron chi connectivity index (χ2n) is 9.60. The normalized spacial score (nSPS) is 18.7. The minimum atomic E-state index is -0.165. The number of aryl methyl sites for hydroxylation is 1. The maximum Gasteiger partial charge on any atom is 0.163 e. The van der Waals surface area contributed by atoms with Crippen molar-refractivity contribution >= 4 is 10.9 Å². The van der Waals surface area contributed by atoms with Gasteiger partial charge < -0.3 is 19.3 Å². The van der Waals surface area contributed by atoms with Crippen LogP contribution in [0.3, 0.4) is 0 Å². The third kappa shape index (κ3) is 5.01. The van der Waals surface area contributed by atoms with Gasteiger partial charge in [0.2, 0.25) is 0 Å². The van der Waals surface area contributed by atoms with Crippen molar-refractivity contribution in [3.8, 4) is 11.5 Å². The van der Waals surface area contributed by atoms with Gasteiger partial charge in [0.15, 0.2) is 11.5 Å². The minimum Gasteiger partial charge on any atom is -0.493 e. The second-order valence-corrected chi connectivity index (χ2v) is 9.60. The van der Waals surface area contributed by atoms with E-state index in [0.717, 1.165) is 55.4 Å². The van der Waals surface area contributed by atoms with Crippen LogP contribution in [0.2, 0.25) is 0 Å². The van der Waals surface area contributed by atoms with Crippen LogP contribution in [-0.4, -0.2) is 67.3 Å². The number of nitrogens with zero attached hydrogens (tertiary/aromatic N) is 3. The molecule has 176 valence electrons. The highest BCUT2D eigenvalue weighted by Crippen LogP contribution is 2.40. The third-order valence-electron chi connectivity index (χ3n) is 7.16. The summed E-state index contributed by atoms with van der Waals surface area (Å²) in [6.45, 7) is 12.3. The van der Waals surface area contributed by atoms with Crippen molar-refractivity contribution in [1.29, 1.82) is 0 Å². The predicted molar refractivity (Wildman–Crippen MR) is 127 cm³/mol. The lowest BCUT2D eigenvalue weighted by Gasteiger charge is -2.35. The number of hydrogen-bond donors (Lipinski definition) is 0. The zero-order valence-corrected chi connectivity index (χ0v) is 20.1. The van der Waals surface area contributed by atoms with Crippen LogP contribution in [0.1, 0.15) is 63.1 Å². The Morgan fingerprint density at radius 3 is 2.47 bits per heavy atom. The van der Waals surface area contributed by atoms with Gasteiger partial charge in [0, 0.05) is 29.6 Å². The van der Waals surface area contributed by atoms with E-state index in [0.29, 0.717) is 29.8 Å². The van der Waals surface area contributed by atoms with Crippen molar-refractivity contribution in [3.63, 3.8) is 0 Å². The summed E-state index contributed by atoms with van der Waals surface area (Å²) < 4.78 is 27.1. The zero-order valence-electron chi connectivity index (χ0n) is 20.1. The van der Waals surface area contributed by atoms with Crippen LogP contribution in [0.15, 0.2) is 12.1 Å². The van der Waals surface area contributed by atoms with E-state index in [1.807, 2.05) is 12.1 Å². The summed E-state index contributed by atoms with van der Waals surface area (Å²) in [6, 6.07) is 4.40. The first-order valence-electron chi connectivity index (χ1n) is 12.2. The number of likely N-dealkylation sites (tertiary alicyclic amines) is 2. The number of methoxy groups -OCH3 is 1. The Kier molecular flexibility index (Phi) is 7.51. The number of rotatable bonds is 8. The Labute approximate surface area is 191 Å². The fourth-order valence-corrected chi connectivity index (χ4v) is 5.25. The van der Waals surface area contributed by atoms with E-state index in [1.54, 1.807) is 14.0 Å². The Balaban J connectivity index is 1.56. The van der Waals surface area contributed by atoms with Crippen LogP contribution >= 0.6 is 0 Å². The van der Waals surface area contributed by atoms with E-state index in [-0.39, 0.29) is 11.7 Å². The van der Waals surface area contributed by atoms with Crippen molar-refractivity contribution in [1.82, 2.24) is 14.8 Å². The molecular weight excluding hydrogens is 405 g/mol. The lowest BCUT2D eigenvalue weighted by atomic mass is 9.86. The van der Waals surface area contributed by atoms with Crippen LogP contribution in [0.25, 0.3) is 10.9 Å². The molecule has 2 saturated heterocycles. The summed E-state index contributed by atoms with van der Waals surface area (Å²) in [6.07, 6.45) is 5.52. The van der Waals surface area contributed by atoms with Gasteiger partial charge in [-0.15, -0.1) is 0 Å². The number of benzene rings is 1. The monoisotopic (exact) mass is 443 g/mol. The summed E-state index contributed by atoms with van der Waals surface area (Å²) in [5.41, 5.74) is 2.05. The van der Waals surface area contributed by atoms with Gasteiger partial charge in [0.1, 0.15) is 5.82 Å². The molecule has 2 aliphatic rings. The molecule has 0 atom stereocenters. The van der Waals surface area contributed by atoms with Gasteiger partial charge in [-0.25, -0.2) is 9.37 Å². The van der Waals surface area contributed by atoms with Gasteiger partial charge in [-0.05, 0) is 91.0 Å². The number of aromatic nitrogens is 1. The number of halogens is 1. The molecule has 0 bridgehead atoms. The van der Waals surface area contributed by atoms with Gasteiger partial charge in [0.05, 0.1) is 24.9 Å². The second kappa shape index (κ2) is 10.3. The molecule has 0 aliphatic carbocycles. The van der Waals surface area contributed by atoms with Crippen LogP contribution in [0, 0.1) is 12.7 Å². The molecule has 4 rings (SSSR count). The van der Waals surface area contributed by atoms with Crippen molar-refractivity contribution < 1.29 is 13.9 Å². The van der Waals surface area contributed by atoms with E-state index in [4.69, 9.17) is 9.47 Å². The maximum atomic E-state index is 15.4. The Morgan fingerprint density at radius 2 is 1.81 bits per heavy atom. The molecule has 0 saturated carbocycles. The number of hydrogen-bond acceptors (Lipinski definition) is 5. The smallest absolute Gasteiger partial charge is 0.163 e. The topological polar surface area (TPSA) is 37.8 Å². The van der Waals surface area contributed by atoms with E-state index in [1.165, 1.54) is 25.9 Å². The van der Waals surface area contributed by atoms with Gasteiger partial charge in [-0.1, -0.05) is 0 Å². The molecule has 1 aromatic heterocycles. The zero-order chi connectivity index (χ0) is 22.7. The highest BCUT2D eigenvalue weighted by molar-refractivity contribution is 5.86. The highest BCUT2D eigenvalue weighted by Gasteiger charge is 2.27. The van der Waals surface area contributed by atoms with Gasteiger partial charge in [0.25, 0.3) is 0 Å². The van der Waals surface area contributed by atoms with Gasteiger partial charge in [-0.2, -0.15) is 0 Å². The average molecular weight is 444 g/mol. The van der Waals surface area contributed by atoms with Crippen LogP contribution in [-0.2, 0) is 0 Å². The molecule has 5 nitrogen and oxygen atoms in total. The quantitative estimate of drug-likeness (QED) is 0.528. The van der Waals surface area contributed by atoms with Crippen molar-refractivity contribution in [3.05, 3.63) is 29.2 Å². The predicted octanol–water partition coefficient (Wildman–Crippen LogP) is 5.14. The number of piperidine rings is 1. The summed E-state index contributed by atoms with van der Waals surface area (Å²) in [4.78, 5) is 9.54. The molecule has 2 aromatic rings. The molecule has 3 heterocycles. The number of fused-ring (bicyclic) bond motifs is 1.